The Hall–Kier alpha value is -2.40. The highest BCUT2D eigenvalue weighted by Crippen LogP contribution is 2.36. The smallest absolute Gasteiger partial charge is 0.300 e. The predicted molar refractivity (Wildman–Crippen MR) is 131 cm³/mol. The van der Waals surface area contributed by atoms with Crippen LogP contribution in [-0.2, 0) is 19.0 Å². The molecule has 1 aromatic rings. The van der Waals surface area contributed by atoms with E-state index in [0.29, 0.717) is 31.5 Å². The number of nitro benzene ring substituents is 2. The van der Waals surface area contributed by atoms with E-state index in [0.717, 1.165) is 31.5 Å². The molecule has 16 heteroatoms. The number of carbonyl (C=O) groups excluding carboxylic acids is 1. The molecule has 1 aliphatic rings. The Balaban J connectivity index is 2.31. The van der Waals surface area contributed by atoms with Crippen LogP contribution >= 0.6 is 15.9 Å². The van der Waals surface area contributed by atoms with Crippen LogP contribution in [0.3, 0.4) is 0 Å². The van der Waals surface area contributed by atoms with Crippen molar-refractivity contribution >= 4 is 49.0 Å². The first-order chi connectivity index (χ1) is 16.5. The van der Waals surface area contributed by atoms with Crippen LogP contribution in [0.2, 0.25) is 0 Å². The first kappa shape index (κ1) is 28.8. The zero-order valence-corrected chi connectivity index (χ0v) is 21.6. The second-order valence-corrected chi connectivity index (χ2v) is 10.1. The molecule has 0 aromatic heterocycles. The Morgan fingerprint density at radius 2 is 1.91 bits per heavy atom. The SMILES string of the molecule is CS(=O)(=O)OCCN(CCBr)c1c(C(=O)NCCCN2CCOCC2)cc([N+](=O)[O-])cc1[N+](=O)[O-]. The molecule has 0 aliphatic carbocycles. The number of ether oxygens (including phenoxy) is 1. The van der Waals surface area contributed by atoms with Gasteiger partial charge in [0.2, 0.25) is 0 Å². The molecule has 14 nitrogen and oxygen atoms in total. The van der Waals surface area contributed by atoms with E-state index in [1.807, 2.05) is 0 Å². The van der Waals surface area contributed by atoms with Gasteiger partial charge in [-0.25, -0.2) is 0 Å². The molecule has 35 heavy (non-hydrogen) atoms. The third-order valence-corrected chi connectivity index (χ3v) is 6.05. The summed E-state index contributed by atoms with van der Waals surface area (Å²) in [6, 6.07) is 1.77. The molecule has 0 bridgehead atoms. The fourth-order valence-electron chi connectivity index (χ4n) is 3.52. The van der Waals surface area contributed by atoms with E-state index < -0.39 is 37.2 Å². The zero-order chi connectivity index (χ0) is 26.0. The number of anilines is 1. The fourth-order valence-corrected chi connectivity index (χ4v) is 4.32. The van der Waals surface area contributed by atoms with Gasteiger partial charge in [-0.05, 0) is 13.0 Å². The van der Waals surface area contributed by atoms with Crippen molar-refractivity contribution in [1.82, 2.24) is 10.2 Å². The van der Waals surface area contributed by atoms with E-state index in [2.05, 4.69) is 26.1 Å². The lowest BCUT2D eigenvalue weighted by molar-refractivity contribution is -0.393. The summed E-state index contributed by atoms with van der Waals surface area (Å²) in [6.07, 6.45) is 1.47. The molecule has 0 radical (unpaired) electrons. The normalized spacial score (nSPS) is 14.5. The van der Waals surface area contributed by atoms with Crippen LogP contribution in [0.25, 0.3) is 0 Å². The number of benzene rings is 1. The number of amides is 1. The number of nitro groups is 2. The van der Waals surface area contributed by atoms with Gasteiger partial charge in [0.25, 0.3) is 27.4 Å². The largest absolute Gasteiger partial charge is 0.379 e. The van der Waals surface area contributed by atoms with Crippen LogP contribution in [0.4, 0.5) is 17.1 Å². The molecule has 1 N–H and O–H groups in total. The lowest BCUT2D eigenvalue weighted by Gasteiger charge is -2.27. The molecular weight excluding hydrogens is 554 g/mol. The van der Waals surface area contributed by atoms with Crippen LogP contribution in [0.5, 0.6) is 0 Å². The maximum absolute atomic E-state index is 13.1. The monoisotopic (exact) mass is 581 g/mol. The Labute approximate surface area is 211 Å². The van der Waals surface area contributed by atoms with Crippen molar-refractivity contribution in [3.63, 3.8) is 0 Å². The van der Waals surface area contributed by atoms with Gasteiger partial charge in [-0.3, -0.25) is 34.1 Å². The van der Waals surface area contributed by atoms with Crippen LogP contribution in [0.1, 0.15) is 16.8 Å². The summed E-state index contributed by atoms with van der Waals surface area (Å²) in [4.78, 5) is 38.2. The first-order valence-corrected chi connectivity index (χ1v) is 13.7. The van der Waals surface area contributed by atoms with Crippen molar-refractivity contribution in [2.75, 3.05) is 75.6 Å². The van der Waals surface area contributed by atoms with Crippen molar-refractivity contribution in [2.24, 2.45) is 0 Å². The van der Waals surface area contributed by atoms with E-state index in [4.69, 9.17) is 8.92 Å². The number of nitrogens with one attached hydrogen (secondary N) is 1. The van der Waals surface area contributed by atoms with Gasteiger partial charge in [0.15, 0.2) is 0 Å². The van der Waals surface area contributed by atoms with E-state index in [-0.39, 0.29) is 37.5 Å². The van der Waals surface area contributed by atoms with E-state index >= 15 is 0 Å². The van der Waals surface area contributed by atoms with Crippen LogP contribution in [-0.4, -0.2) is 99.7 Å². The minimum Gasteiger partial charge on any atom is -0.379 e. The highest BCUT2D eigenvalue weighted by molar-refractivity contribution is 9.09. The standard InChI is InChI=1S/C19H28BrN5O9S/c1-35(31,32)34-12-9-23(6-3-20)18-16(13-15(24(27)28)14-17(18)25(29)30)19(26)21-4-2-5-22-7-10-33-11-8-22/h13-14H,2-12H2,1H3,(H,21,26). The molecule has 1 aliphatic heterocycles. The Morgan fingerprint density at radius 1 is 1.23 bits per heavy atom. The summed E-state index contributed by atoms with van der Waals surface area (Å²) < 4.78 is 32.7. The second kappa shape index (κ2) is 13.6. The maximum atomic E-state index is 13.1. The molecule has 2 rings (SSSR count). The van der Waals surface area contributed by atoms with Gasteiger partial charge >= 0.3 is 0 Å². The van der Waals surface area contributed by atoms with E-state index in [1.165, 1.54) is 4.90 Å². The number of rotatable bonds is 14. The summed E-state index contributed by atoms with van der Waals surface area (Å²) >= 11 is 3.24. The zero-order valence-electron chi connectivity index (χ0n) is 19.2. The molecule has 1 saturated heterocycles. The van der Waals surface area contributed by atoms with Gasteiger partial charge in [-0.15, -0.1) is 0 Å². The number of morpholine rings is 1. The molecule has 1 amide bonds. The summed E-state index contributed by atoms with van der Waals surface area (Å²) in [5, 5.41) is 26.2. The van der Waals surface area contributed by atoms with Gasteiger partial charge in [0.1, 0.15) is 5.69 Å². The van der Waals surface area contributed by atoms with Gasteiger partial charge in [-0.1, -0.05) is 15.9 Å². The summed E-state index contributed by atoms with van der Waals surface area (Å²) in [5.41, 5.74) is -1.65. The second-order valence-electron chi connectivity index (χ2n) is 7.64. The average Bonchev–Trinajstić information content (AvgIpc) is 2.80. The van der Waals surface area contributed by atoms with Crippen molar-refractivity contribution < 1.29 is 32.0 Å². The fraction of sp³-hybridized carbons (Fsp3) is 0.632. The Morgan fingerprint density at radius 3 is 2.49 bits per heavy atom. The number of alkyl halides is 1. The van der Waals surface area contributed by atoms with Crippen LogP contribution in [0, 0.1) is 20.2 Å². The minimum atomic E-state index is -3.76. The van der Waals surface area contributed by atoms with E-state index in [9.17, 15) is 33.4 Å². The number of hydrogen-bond acceptors (Lipinski definition) is 11. The number of nitrogens with zero attached hydrogens (tertiary/aromatic N) is 4. The lowest BCUT2D eigenvalue weighted by atomic mass is 10.1. The molecule has 196 valence electrons. The third-order valence-electron chi connectivity index (χ3n) is 5.10. The van der Waals surface area contributed by atoms with Gasteiger partial charge in [0.05, 0.1) is 47.6 Å². The van der Waals surface area contributed by atoms with Crippen molar-refractivity contribution in [3.05, 3.63) is 37.9 Å². The molecule has 0 saturated carbocycles. The van der Waals surface area contributed by atoms with Gasteiger partial charge in [-0.2, -0.15) is 8.42 Å². The number of halogens is 1. The molecule has 0 atom stereocenters. The molecule has 1 aromatic carbocycles. The number of non-ortho nitro benzene ring substituents is 1. The van der Waals surface area contributed by atoms with Gasteiger partial charge in [0, 0.05) is 44.1 Å². The Bertz CT molecular complexity index is 1020. The molecule has 0 unspecified atom stereocenters. The van der Waals surface area contributed by atoms with Gasteiger partial charge < -0.3 is 15.0 Å². The molecule has 1 heterocycles. The topological polar surface area (TPSA) is 174 Å². The maximum Gasteiger partial charge on any atom is 0.300 e. The van der Waals surface area contributed by atoms with Crippen LogP contribution in [0.15, 0.2) is 12.1 Å². The van der Waals surface area contributed by atoms with E-state index in [1.54, 1.807) is 0 Å². The third kappa shape index (κ3) is 9.29. The number of hydrogen-bond donors (Lipinski definition) is 1. The Kier molecular flexibility index (Phi) is 11.2. The molecule has 1 fully saturated rings. The average molecular weight is 582 g/mol. The van der Waals surface area contributed by atoms with Crippen molar-refractivity contribution in [1.29, 1.82) is 0 Å². The molecule has 0 spiro atoms. The number of carbonyl (C=O) groups is 1. The highest BCUT2D eigenvalue weighted by atomic mass is 79.9. The van der Waals surface area contributed by atoms with Crippen molar-refractivity contribution in [2.45, 2.75) is 6.42 Å². The summed E-state index contributed by atoms with van der Waals surface area (Å²) in [6.45, 7) is 3.50. The highest BCUT2D eigenvalue weighted by Gasteiger charge is 2.31. The predicted octanol–water partition coefficient (Wildman–Crippen LogP) is 1.13. The quantitative estimate of drug-likeness (QED) is 0.109. The van der Waals surface area contributed by atoms with Crippen LogP contribution < -0.4 is 10.2 Å². The minimum absolute atomic E-state index is 0.116. The summed E-state index contributed by atoms with van der Waals surface area (Å²) in [5.74, 6) is -0.711. The first-order valence-electron chi connectivity index (χ1n) is 10.7. The molecular formula is C19H28BrN5O9S. The lowest BCUT2D eigenvalue weighted by Crippen LogP contribution is -2.38. The summed E-state index contributed by atoms with van der Waals surface area (Å²) in [7, 11) is -3.76. The van der Waals surface area contributed by atoms with Crippen molar-refractivity contribution in [3.8, 4) is 0 Å².